The monoisotopic (exact) mass is 226 g/mol. The van der Waals surface area contributed by atoms with Crippen molar-refractivity contribution in [3.05, 3.63) is 0 Å². The maximum Gasteiger partial charge on any atom is 0.0168 e. The number of hydrogen-bond donors (Lipinski definition) is 1. The molecule has 96 valence electrons. The van der Waals surface area contributed by atoms with Gasteiger partial charge < -0.3 is 10.6 Å². The van der Waals surface area contributed by atoms with Gasteiger partial charge >= 0.3 is 0 Å². The van der Waals surface area contributed by atoms with Gasteiger partial charge in [-0.3, -0.25) is 0 Å². The van der Waals surface area contributed by atoms with Crippen LogP contribution in [0, 0.1) is 5.41 Å². The van der Waals surface area contributed by atoms with Gasteiger partial charge in [0.05, 0.1) is 0 Å². The minimum Gasteiger partial charge on any atom is -0.327 e. The molecule has 2 nitrogen and oxygen atoms in total. The fourth-order valence-corrected chi connectivity index (χ4v) is 2.77. The first-order chi connectivity index (χ1) is 7.53. The third kappa shape index (κ3) is 5.31. The molecule has 0 saturated carbocycles. The molecule has 1 aliphatic rings. The average Bonchev–Trinajstić information content (AvgIpc) is 2.17. The maximum atomic E-state index is 6.02. The smallest absolute Gasteiger partial charge is 0.0168 e. The second kappa shape index (κ2) is 6.61. The summed E-state index contributed by atoms with van der Waals surface area (Å²) in [6.45, 7) is 10.7. The minimum atomic E-state index is 0.417. The molecule has 0 spiro atoms. The van der Waals surface area contributed by atoms with Crippen molar-refractivity contribution in [3.8, 4) is 0 Å². The highest BCUT2D eigenvalue weighted by Gasteiger charge is 2.24. The summed E-state index contributed by atoms with van der Waals surface area (Å²) in [7, 11) is 0. The molecular weight excluding hydrogens is 196 g/mol. The standard InChI is InChI=1S/C14H30N2/c1-4-5-6-9-14(2,3)12-16-10-7-8-13(15)11-16/h13H,4-12,15H2,1-3H3. The third-order valence-electron chi connectivity index (χ3n) is 3.65. The Balaban J connectivity index is 2.27. The average molecular weight is 226 g/mol. The lowest BCUT2D eigenvalue weighted by Crippen LogP contribution is -2.46. The van der Waals surface area contributed by atoms with Crippen LogP contribution in [0.25, 0.3) is 0 Å². The quantitative estimate of drug-likeness (QED) is 0.705. The van der Waals surface area contributed by atoms with E-state index in [2.05, 4.69) is 25.7 Å². The molecule has 1 rings (SSSR count). The Morgan fingerprint density at radius 3 is 2.69 bits per heavy atom. The number of nitrogens with two attached hydrogens (primary N) is 1. The summed E-state index contributed by atoms with van der Waals surface area (Å²) in [5, 5.41) is 0. The first kappa shape index (κ1) is 14.0. The van der Waals surface area contributed by atoms with Gasteiger partial charge in [-0.25, -0.2) is 0 Å². The molecule has 1 fully saturated rings. The summed E-state index contributed by atoms with van der Waals surface area (Å²) < 4.78 is 0. The first-order valence-electron chi connectivity index (χ1n) is 7.01. The SMILES string of the molecule is CCCCCC(C)(C)CN1CCCC(N)C1. The molecule has 0 aromatic carbocycles. The van der Waals surface area contributed by atoms with Crippen LogP contribution in [0.2, 0.25) is 0 Å². The van der Waals surface area contributed by atoms with Crippen LogP contribution in [0.5, 0.6) is 0 Å². The molecule has 16 heavy (non-hydrogen) atoms. The Morgan fingerprint density at radius 2 is 2.06 bits per heavy atom. The molecule has 0 aromatic heterocycles. The van der Waals surface area contributed by atoms with Crippen molar-refractivity contribution in [2.75, 3.05) is 19.6 Å². The van der Waals surface area contributed by atoms with Gasteiger partial charge in [0, 0.05) is 19.1 Å². The van der Waals surface area contributed by atoms with Crippen molar-refractivity contribution in [2.45, 2.75) is 65.3 Å². The van der Waals surface area contributed by atoms with Crippen LogP contribution in [-0.4, -0.2) is 30.6 Å². The second-order valence-corrected chi connectivity index (χ2v) is 6.26. The second-order valence-electron chi connectivity index (χ2n) is 6.26. The van der Waals surface area contributed by atoms with Gasteiger partial charge in [0.2, 0.25) is 0 Å². The molecular formula is C14H30N2. The Morgan fingerprint density at radius 1 is 1.31 bits per heavy atom. The molecule has 0 bridgehead atoms. The predicted molar refractivity (Wildman–Crippen MR) is 71.6 cm³/mol. The van der Waals surface area contributed by atoms with Crippen molar-refractivity contribution in [3.63, 3.8) is 0 Å². The molecule has 0 amide bonds. The number of hydrogen-bond acceptors (Lipinski definition) is 2. The Kier molecular flexibility index (Phi) is 5.77. The molecule has 1 aliphatic heterocycles. The number of piperidine rings is 1. The van der Waals surface area contributed by atoms with Gasteiger partial charge in [-0.2, -0.15) is 0 Å². The third-order valence-corrected chi connectivity index (χ3v) is 3.65. The topological polar surface area (TPSA) is 29.3 Å². The fourth-order valence-electron chi connectivity index (χ4n) is 2.77. The number of rotatable bonds is 6. The van der Waals surface area contributed by atoms with E-state index in [9.17, 15) is 0 Å². The summed E-state index contributed by atoms with van der Waals surface area (Å²) in [4.78, 5) is 2.57. The largest absolute Gasteiger partial charge is 0.327 e. The molecule has 1 saturated heterocycles. The zero-order valence-corrected chi connectivity index (χ0v) is 11.5. The molecule has 1 atom stereocenters. The first-order valence-corrected chi connectivity index (χ1v) is 7.01. The summed E-state index contributed by atoms with van der Waals surface area (Å²) in [6.07, 6.45) is 7.93. The zero-order valence-electron chi connectivity index (χ0n) is 11.5. The summed E-state index contributed by atoms with van der Waals surface area (Å²) in [5.74, 6) is 0. The van der Waals surface area contributed by atoms with E-state index in [0.29, 0.717) is 11.5 Å². The number of likely N-dealkylation sites (tertiary alicyclic amines) is 1. The highest BCUT2D eigenvalue weighted by Crippen LogP contribution is 2.26. The lowest BCUT2D eigenvalue weighted by Gasteiger charge is -2.37. The highest BCUT2D eigenvalue weighted by molar-refractivity contribution is 4.80. The predicted octanol–water partition coefficient (Wildman–Crippen LogP) is 3.02. The van der Waals surface area contributed by atoms with E-state index in [1.165, 1.54) is 51.6 Å². The summed E-state index contributed by atoms with van der Waals surface area (Å²) in [6, 6.07) is 0.417. The Bertz CT molecular complexity index is 189. The van der Waals surface area contributed by atoms with E-state index >= 15 is 0 Å². The van der Waals surface area contributed by atoms with E-state index in [-0.39, 0.29) is 0 Å². The van der Waals surface area contributed by atoms with Crippen LogP contribution in [0.4, 0.5) is 0 Å². The van der Waals surface area contributed by atoms with Crippen molar-refractivity contribution in [1.82, 2.24) is 4.90 Å². The number of nitrogens with zero attached hydrogens (tertiary/aromatic N) is 1. The normalized spacial score (nSPS) is 23.6. The molecule has 1 heterocycles. The van der Waals surface area contributed by atoms with E-state index in [1.807, 2.05) is 0 Å². The highest BCUT2D eigenvalue weighted by atomic mass is 15.1. The van der Waals surface area contributed by atoms with Gasteiger partial charge in [-0.05, 0) is 31.2 Å². The van der Waals surface area contributed by atoms with Crippen molar-refractivity contribution in [2.24, 2.45) is 11.1 Å². The number of unbranched alkanes of at least 4 members (excludes halogenated alkanes) is 2. The molecule has 0 aliphatic carbocycles. The van der Waals surface area contributed by atoms with Crippen molar-refractivity contribution >= 4 is 0 Å². The molecule has 2 heteroatoms. The van der Waals surface area contributed by atoms with Crippen LogP contribution in [0.3, 0.4) is 0 Å². The van der Waals surface area contributed by atoms with Crippen molar-refractivity contribution in [1.29, 1.82) is 0 Å². The summed E-state index contributed by atoms with van der Waals surface area (Å²) in [5.41, 5.74) is 6.49. The Hall–Kier alpha value is -0.0800. The van der Waals surface area contributed by atoms with Gasteiger partial charge in [-0.1, -0.05) is 40.0 Å². The van der Waals surface area contributed by atoms with E-state index < -0.39 is 0 Å². The van der Waals surface area contributed by atoms with Gasteiger partial charge in [-0.15, -0.1) is 0 Å². The van der Waals surface area contributed by atoms with E-state index in [1.54, 1.807) is 0 Å². The van der Waals surface area contributed by atoms with Crippen LogP contribution in [-0.2, 0) is 0 Å². The lowest BCUT2D eigenvalue weighted by molar-refractivity contribution is 0.134. The van der Waals surface area contributed by atoms with Gasteiger partial charge in [0.1, 0.15) is 0 Å². The lowest BCUT2D eigenvalue weighted by atomic mass is 9.85. The Labute approximate surface area is 102 Å². The molecule has 0 radical (unpaired) electrons. The van der Waals surface area contributed by atoms with Crippen LogP contribution >= 0.6 is 0 Å². The van der Waals surface area contributed by atoms with E-state index in [0.717, 1.165) is 6.54 Å². The molecule has 2 N–H and O–H groups in total. The molecule has 1 unspecified atom stereocenters. The maximum absolute atomic E-state index is 6.02. The van der Waals surface area contributed by atoms with Gasteiger partial charge in [0.25, 0.3) is 0 Å². The minimum absolute atomic E-state index is 0.417. The van der Waals surface area contributed by atoms with Crippen LogP contribution in [0.1, 0.15) is 59.3 Å². The van der Waals surface area contributed by atoms with Crippen LogP contribution in [0.15, 0.2) is 0 Å². The zero-order chi connectivity index (χ0) is 12.0. The fraction of sp³-hybridized carbons (Fsp3) is 1.00. The van der Waals surface area contributed by atoms with Crippen molar-refractivity contribution < 1.29 is 0 Å². The van der Waals surface area contributed by atoms with E-state index in [4.69, 9.17) is 5.73 Å². The van der Waals surface area contributed by atoms with Crippen LogP contribution < -0.4 is 5.73 Å². The summed E-state index contributed by atoms with van der Waals surface area (Å²) >= 11 is 0. The molecule has 0 aromatic rings. The van der Waals surface area contributed by atoms with Gasteiger partial charge in [0.15, 0.2) is 0 Å².